The number of hydrogen-bond donors (Lipinski definition) is 0. The van der Waals surface area contributed by atoms with Gasteiger partial charge < -0.3 is 4.74 Å². The second kappa shape index (κ2) is 4.45. The zero-order valence-corrected chi connectivity index (χ0v) is 7.62. The van der Waals surface area contributed by atoms with Crippen molar-refractivity contribution in [2.75, 3.05) is 7.11 Å². The van der Waals surface area contributed by atoms with Crippen molar-refractivity contribution in [1.29, 1.82) is 0 Å². The van der Waals surface area contributed by atoms with Crippen LogP contribution in [0.1, 0.15) is 12.0 Å². The lowest BCUT2D eigenvalue weighted by Crippen LogP contribution is -2.00. The van der Waals surface area contributed by atoms with E-state index in [1.165, 1.54) is 7.11 Å². The molecule has 0 amide bonds. The molecule has 0 aliphatic rings. The highest BCUT2D eigenvalue weighted by Crippen LogP contribution is 2.15. The van der Waals surface area contributed by atoms with Gasteiger partial charge in [0.1, 0.15) is 0 Å². The topological polar surface area (TPSA) is 26.3 Å². The van der Waals surface area contributed by atoms with Gasteiger partial charge in [-0.2, -0.15) is 0 Å². The third-order valence-electron chi connectivity index (χ3n) is 1.77. The second-order valence-corrected chi connectivity index (χ2v) is 2.72. The summed E-state index contributed by atoms with van der Waals surface area (Å²) in [5.74, 6) is -0.256. The summed E-state index contributed by atoms with van der Waals surface area (Å²) in [6, 6.07) is 9.60. The Labute approximate surface area is 77.8 Å². The van der Waals surface area contributed by atoms with Crippen molar-refractivity contribution in [1.82, 2.24) is 0 Å². The Bertz CT molecular complexity index is 301. The summed E-state index contributed by atoms with van der Waals surface area (Å²) in [7, 11) is 1.38. The monoisotopic (exact) mass is 176 g/mol. The predicted molar refractivity (Wildman–Crippen MR) is 52.1 cm³/mol. The fourth-order valence-corrected chi connectivity index (χ4v) is 1.02. The Morgan fingerprint density at radius 3 is 2.54 bits per heavy atom. The van der Waals surface area contributed by atoms with Gasteiger partial charge in [0.25, 0.3) is 0 Å². The van der Waals surface area contributed by atoms with Gasteiger partial charge in [-0.05, 0) is 11.1 Å². The van der Waals surface area contributed by atoms with Crippen LogP contribution in [0.15, 0.2) is 36.9 Å². The minimum absolute atomic E-state index is 0.251. The summed E-state index contributed by atoms with van der Waals surface area (Å²) < 4.78 is 4.54. The molecule has 0 saturated heterocycles. The molecule has 2 heteroatoms. The van der Waals surface area contributed by atoms with E-state index in [2.05, 4.69) is 11.3 Å². The molecular weight excluding hydrogens is 164 g/mol. The first-order valence-electron chi connectivity index (χ1n) is 4.04. The quantitative estimate of drug-likeness (QED) is 0.660. The predicted octanol–water partition coefficient (Wildman–Crippen LogP) is 2.26. The molecule has 0 N–H and O–H groups in total. The van der Waals surface area contributed by atoms with Crippen LogP contribution in [0.3, 0.4) is 0 Å². The normalized spacial score (nSPS) is 9.31. The average Bonchev–Trinajstić information content (AvgIpc) is 2.19. The third kappa shape index (κ3) is 2.75. The van der Waals surface area contributed by atoms with E-state index >= 15 is 0 Å². The first-order valence-corrected chi connectivity index (χ1v) is 4.04. The van der Waals surface area contributed by atoms with Gasteiger partial charge in [-0.15, -0.1) is 0 Å². The van der Waals surface area contributed by atoms with Crippen LogP contribution in [0.4, 0.5) is 0 Å². The van der Waals surface area contributed by atoms with Gasteiger partial charge in [-0.1, -0.05) is 36.9 Å². The first kappa shape index (κ1) is 9.52. The highest BCUT2D eigenvalue weighted by molar-refractivity contribution is 5.84. The molecule has 0 aromatic heterocycles. The number of methoxy groups -OCH3 is 1. The van der Waals surface area contributed by atoms with E-state index in [-0.39, 0.29) is 12.4 Å². The summed E-state index contributed by atoms with van der Waals surface area (Å²) in [6.45, 7) is 3.81. The summed E-state index contributed by atoms with van der Waals surface area (Å²) in [6.07, 6.45) is 0.251. The van der Waals surface area contributed by atoms with Gasteiger partial charge in [0.2, 0.25) is 0 Å². The zero-order valence-electron chi connectivity index (χ0n) is 7.62. The van der Waals surface area contributed by atoms with Crippen molar-refractivity contribution in [3.63, 3.8) is 0 Å². The minimum Gasteiger partial charge on any atom is -0.469 e. The molecule has 0 aliphatic heterocycles. The average molecular weight is 176 g/mol. The van der Waals surface area contributed by atoms with Crippen LogP contribution in [0, 0.1) is 0 Å². The number of rotatable bonds is 3. The lowest BCUT2D eigenvalue weighted by Gasteiger charge is -2.03. The highest BCUT2D eigenvalue weighted by Gasteiger charge is 2.04. The summed E-state index contributed by atoms with van der Waals surface area (Å²) in [4.78, 5) is 10.9. The van der Waals surface area contributed by atoms with E-state index < -0.39 is 0 Å². The number of benzene rings is 1. The van der Waals surface area contributed by atoms with Gasteiger partial charge >= 0.3 is 5.97 Å². The van der Waals surface area contributed by atoms with Crippen molar-refractivity contribution < 1.29 is 9.53 Å². The Morgan fingerprint density at radius 1 is 1.38 bits per heavy atom. The molecule has 0 bridgehead atoms. The molecule has 0 spiro atoms. The highest BCUT2D eigenvalue weighted by atomic mass is 16.5. The Kier molecular flexibility index (Phi) is 3.26. The van der Waals surface area contributed by atoms with Crippen LogP contribution in [0.5, 0.6) is 0 Å². The van der Waals surface area contributed by atoms with Crippen LogP contribution in [-0.4, -0.2) is 13.1 Å². The molecule has 0 radical (unpaired) electrons. The van der Waals surface area contributed by atoms with Crippen LogP contribution in [-0.2, 0) is 9.53 Å². The fraction of sp³-hybridized carbons (Fsp3) is 0.182. The number of hydrogen-bond acceptors (Lipinski definition) is 2. The van der Waals surface area contributed by atoms with E-state index in [9.17, 15) is 4.79 Å². The maximum absolute atomic E-state index is 10.9. The molecule has 2 nitrogen and oxygen atoms in total. The second-order valence-electron chi connectivity index (χ2n) is 2.72. The SMILES string of the molecule is C=C(CC(=O)OC)c1ccccc1. The molecule has 0 atom stereocenters. The largest absolute Gasteiger partial charge is 0.469 e. The maximum Gasteiger partial charge on any atom is 0.309 e. The molecule has 1 aromatic carbocycles. The number of ether oxygens (including phenoxy) is 1. The van der Waals surface area contributed by atoms with Gasteiger partial charge in [0, 0.05) is 0 Å². The third-order valence-corrected chi connectivity index (χ3v) is 1.77. The van der Waals surface area contributed by atoms with E-state index in [4.69, 9.17) is 0 Å². The van der Waals surface area contributed by atoms with Gasteiger partial charge in [-0.3, -0.25) is 4.79 Å². The molecule has 1 rings (SSSR count). The van der Waals surface area contributed by atoms with Crippen LogP contribution >= 0.6 is 0 Å². The molecule has 0 saturated carbocycles. The smallest absolute Gasteiger partial charge is 0.309 e. The zero-order chi connectivity index (χ0) is 9.68. The molecule has 1 aromatic rings. The van der Waals surface area contributed by atoms with Crippen molar-refractivity contribution in [2.45, 2.75) is 6.42 Å². The minimum atomic E-state index is -0.256. The van der Waals surface area contributed by atoms with Gasteiger partial charge in [0.05, 0.1) is 13.5 Å². The lowest BCUT2D eigenvalue weighted by molar-refractivity contribution is -0.139. The summed E-state index contributed by atoms with van der Waals surface area (Å²) in [5, 5.41) is 0. The van der Waals surface area contributed by atoms with Crippen LogP contribution < -0.4 is 0 Å². The van der Waals surface area contributed by atoms with Crippen LogP contribution in [0.2, 0.25) is 0 Å². The Balaban J connectivity index is 2.65. The lowest BCUT2D eigenvalue weighted by atomic mass is 10.1. The van der Waals surface area contributed by atoms with Gasteiger partial charge in [0.15, 0.2) is 0 Å². The summed E-state index contributed by atoms with van der Waals surface area (Å²) in [5.41, 5.74) is 1.76. The standard InChI is InChI=1S/C11H12O2/c1-9(8-11(12)13-2)10-6-4-3-5-7-10/h3-7H,1,8H2,2H3. The number of carbonyl (C=O) groups excluding carboxylic acids is 1. The number of esters is 1. The number of carbonyl (C=O) groups is 1. The van der Waals surface area contributed by atoms with E-state index in [0.717, 1.165) is 11.1 Å². The van der Waals surface area contributed by atoms with Crippen molar-refractivity contribution in [2.24, 2.45) is 0 Å². The summed E-state index contributed by atoms with van der Waals surface area (Å²) >= 11 is 0. The van der Waals surface area contributed by atoms with Crippen molar-refractivity contribution in [3.8, 4) is 0 Å². The van der Waals surface area contributed by atoms with E-state index in [1.807, 2.05) is 30.3 Å². The molecule has 68 valence electrons. The molecular formula is C11H12O2. The van der Waals surface area contributed by atoms with Crippen molar-refractivity contribution in [3.05, 3.63) is 42.5 Å². The Morgan fingerprint density at radius 2 is 2.00 bits per heavy atom. The molecule has 0 fully saturated rings. The fourth-order valence-electron chi connectivity index (χ4n) is 1.02. The van der Waals surface area contributed by atoms with Gasteiger partial charge in [-0.25, -0.2) is 0 Å². The molecule has 0 heterocycles. The van der Waals surface area contributed by atoms with E-state index in [0.29, 0.717) is 0 Å². The maximum atomic E-state index is 10.9. The van der Waals surface area contributed by atoms with Crippen molar-refractivity contribution >= 4 is 11.5 Å². The van der Waals surface area contributed by atoms with Crippen LogP contribution in [0.25, 0.3) is 5.57 Å². The molecule has 13 heavy (non-hydrogen) atoms. The molecule has 0 aliphatic carbocycles. The first-order chi connectivity index (χ1) is 6.24. The van der Waals surface area contributed by atoms with E-state index in [1.54, 1.807) is 0 Å². The Hall–Kier alpha value is -1.57. The molecule has 0 unspecified atom stereocenters.